The molecule has 0 spiro atoms. The van der Waals surface area contributed by atoms with E-state index in [2.05, 4.69) is 37.6 Å². The van der Waals surface area contributed by atoms with Crippen LogP contribution in [0, 0.1) is 0 Å². The molecule has 8 amide bonds. The third-order valence-electron chi connectivity index (χ3n) is 8.77. The number of carbonyl (C=O) groups excluding carboxylic acids is 8. The van der Waals surface area contributed by atoms with Gasteiger partial charge in [0.15, 0.2) is 0 Å². The van der Waals surface area contributed by atoms with Crippen molar-refractivity contribution >= 4 is 132 Å². The fourth-order valence-corrected chi connectivity index (χ4v) is 9.18. The third-order valence-corrected chi connectivity index (χ3v) is 13.6. The molecule has 0 aromatic carbocycles. The average molecular weight is 1180 g/mol. The number of carboxylic acids is 7. The zero-order valence-corrected chi connectivity index (χ0v) is 43.9. The first-order valence-electron chi connectivity index (χ1n) is 21.8. The van der Waals surface area contributed by atoms with E-state index in [1.165, 1.54) is 0 Å². The number of hydrogen-bond donors (Lipinski definition) is 20. The van der Waals surface area contributed by atoms with Crippen molar-refractivity contribution in [3.8, 4) is 0 Å². The van der Waals surface area contributed by atoms with Crippen LogP contribution in [0.4, 0.5) is 0 Å². The van der Waals surface area contributed by atoms with Gasteiger partial charge in [0.05, 0.1) is 6.54 Å². The van der Waals surface area contributed by atoms with Crippen LogP contribution in [0.3, 0.4) is 0 Å². The summed E-state index contributed by atoms with van der Waals surface area (Å²) in [6.07, 6.45) is -1.78. The Morgan fingerprint density at radius 2 is 0.571 bits per heavy atom. The van der Waals surface area contributed by atoms with Crippen LogP contribution < -0.4 is 72.0 Å². The number of carboxylic acid groups (broad SMARTS) is 7. The summed E-state index contributed by atoms with van der Waals surface area (Å²) < 4.78 is 0. The molecule has 0 fully saturated rings. The lowest BCUT2D eigenvalue weighted by molar-refractivity contribution is -0.140. The van der Waals surface area contributed by atoms with E-state index in [1.807, 2.05) is 0 Å². The Bertz CT molecular complexity index is 1920. The number of rotatable bonds is 39. The molecule has 0 saturated heterocycles. The van der Waals surface area contributed by atoms with Gasteiger partial charge >= 0.3 is 41.8 Å². The van der Waals surface area contributed by atoms with Crippen molar-refractivity contribution < 1.29 is 108 Å². The quantitative estimate of drug-likeness (QED) is 0.0201. The molecule has 0 saturated carbocycles. The van der Waals surface area contributed by atoms with E-state index in [4.69, 9.17) is 70.1 Å². The summed E-state index contributed by atoms with van der Waals surface area (Å²) in [4.78, 5) is 170. The van der Waals surface area contributed by atoms with E-state index in [0.29, 0.717) is 0 Å². The van der Waals surface area contributed by atoms with Crippen molar-refractivity contribution in [1.29, 1.82) is 0 Å². The van der Waals surface area contributed by atoms with Gasteiger partial charge in [0.1, 0.15) is 61.4 Å². The van der Waals surface area contributed by atoms with Crippen LogP contribution in [0.25, 0.3) is 0 Å². The SMILES string of the molecule is NC(=O)[C@H](CSSC[C@H](NC(=O)CC[C@H](N)C(=O)O)C(N)=O)NC(=O)CC[C@H](N)C(=O)O.NCC(=O)O.N[C@@H](CCC(=O)N[C@@H](CSSC[C@H](NC(=O)CC[C@H](N)C(=O)O)C(=O)NCC(=O)O)C(=O)NCC(=O)O)C(=O)O. The summed E-state index contributed by atoms with van der Waals surface area (Å²) in [6, 6.07) is -9.69. The molecule has 77 heavy (non-hydrogen) atoms. The highest BCUT2D eigenvalue weighted by molar-refractivity contribution is 8.77. The Balaban J connectivity index is -0.00000133. The number of hydrogen-bond acceptors (Lipinski definition) is 24. The molecular formula is C38H65N13O22S4. The third kappa shape index (κ3) is 41.1. The van der Waals surface area contributed by atoms with Gasteiger partial charge < -0.3 is 108 Å². The molecule has 39 heteroatoms. The second-order valence-electron chi connectivity index (χ2n) is 15.2. The van der Waals surface area contributed by atoms with Gasteiger partial charge in [-0.1, -0.05) is 43.2 Å². The standard InChI is InChI=1S/C20H32N6O12S2.C16H28N6O8S2.C2H5NO2/c21-9(19(35)36)1-3-13(27)25-11(17(33)23-5-15(29)30)7-39-40-8-12(18(34)24-6-16(31)32)26-14(28)4-2-10(22)20(37)38;17-7(15(27)28)1-3-11(23)21-9(13(19)25)5-31-32-6-10(14(20)26)22-12(24)4-2-8(18)16(29)30;3-1-2(4)5/h9-12H,1-8,21-22H2,(H,23,33)(H,24,34)(H,25,27)(H,26,28)(H,29,30)(H,31,32)(H,35,36)(H,37,38);7-10H,1-6,17-18H2,(H2,19,25)(H2,20,26)(H,21,23)(H,22,24)(H,27,28)(H,29,30);1,3H2,(H,4,5)/t9-,10-,11-,12-;7-,8-,9-,10-;/m00./s1. The number of nitrogens with one attached hydrogen (secondary N) is 6. The molecule has 0 heterocycles. The first-order valence-corrected chi connectivity index (χ1v) is 26.8. The van der Waals surface area contributed by atoms with Gasteiger partial charge in [0.25, 0.3) is 0 Å². The van der Waals surface area contributed by atoms with Crippen molar-refractivity contribution in [2.75, 3.05) is 42.6 Å². The number of primary amides is 2. The van der Waals surface area contributed by atoms with Crippen LogP contribution in [-0.4, -0.2) is 216 Å². The van der Waals surface area contributed by atoms with E-state index in [9.17, 15) is 71.9 Å². The van der Waals surface area contributed by atoms with Crippen molar-refractivity contribution in [3.63, 3.8) is 0 Å². The summed E-state index contributed by atoms with van der Waals surface area (Å²) in [6.45, 7) is -1.76. The normalized spacial score (nSPS) is 13.5. The lowest BCUT2D eigenvalue weighted by atomic mass is 10.1. The van der Waals surface area contributed by atoms with Gasteiger partial charge in [-0.15, -0.1) is 0 Å². The van der Waals surface area contributed by atoms with Crippen LogP contribution in [0.15, 0.2) is 0 Å². The van der Waals surface area contributed by atoms with Gasteiger partial charge in [0.2, 0.25) is 47.3 Å². The first-order chi connectivity index (χ1) is 35.7. The van der Waals surface area contributed by atoms with Gasteiger partial charge in [-0.2, -0.15) is 0 Å². The van der Waals surface area contributed by atoms with E-state index in [1.54, 1.807) is 0 Å². The zero-order chi connectivity index (χ0) is 60.0. The highest BCUT2D eigenvalue weighted by Gasteiger charge is 2.27. The fraction of sp³-hybridized carbons (Fsp3) is 0.605. The molecule has 0 aliphatic heterocycles. The lowest BCUT2D eigenvalue weighted by Crippen LogP contribution is -2.50. The van der Waals surface area contributed by atoms with E-state index >= 15 is 0 Å². The molecule has 0 aliphatic rings. The van der Waals surface area contributed by atoms with Crippen molar-refractivity contribution in [2.45, 2.75) is 99.7 Å². The molecule has 0 aromatic heterocycles. The molecule has 0 aliphatic carbocycles. The van der Waals surface area contributed by atoms with Crippen LogP contribution in [-0.2, 0) is 71.9 Å². The highest BCUT2D eigenvalue weighted by atomic mass is 33.1. The van der Waals surface area contributed by atoms with Crippen molar-refractivity contribution in [1.82, 2.24) is 31.9 Å². The van der Waals surface area contributed by atoms with Gasteiger partial charge in [-0.3, -0.25) is 71.9 Å². The van der Waals surface area contributed by atoms with Crippen molar-refractivity contribution in [2.24, 2.45) is 40.1 Å². The maximum atomic E-state index is 12.4. The predicted molar refractivity (Wildman–Crippen MR) is 273 cm³/mol. The minimum atomic E-state index is -1.34. The number of carbonyl (C=O) groups is 15. The Morgan fingerprint density at radius 3 is 0.753 bits per heavy atom. The fourth-order valence-electron chi connectivity index (χ4n) is 4.50. The van der Waals surface area contributed by atoms with Gasteiger partial charge in [-0.25, -0.2) is 0 Å². The molecule has 8 atom stereocenters. The molecule has 27 N–H and O–H groups in total. The molecule has 0 bridgehead atoms. The number of nitrogens with two attached hydrogens (primary N) is 7. The second-order valence-corrected chi connectivity index (χ2v) is 20.3. The summed E-state index contributed by atoms with van der Waals surface area (Å²) in [7, 11) is 4.05. The van der Waals surface area contributed by atoms with E-state index in [0.717, 1.165) is 43.2 Å². The largest absolute Gasteiger partial charge is 0.480 e. The van der Waals surface area contributed by atoms with Crippen LogP contribution in [0.1, 0.15) is 51.4 Å². The van der Waals surface area contributed by atoms with Gasteiger partial charge in [-0.05, 0) is 25.7 Å². The molecule has 0 rings (SSSR count). The van der Waals surface area contributed by atoms with Crippen LogP contribution >= 0.6 is 43.2 Å². The molecular weight excluding hydrogens is 1120 g/mol. The molecule has 0 aromatic rings. The predicted octanol–water partition coefficient (Wildman–Crippen LogP) is -8.15. The Labute approximate surface area is 452 Å². The monoisotopic (exact) mass is 1180 g/mol. The summed E-state index contributed by atoms with van der Waals surface area (Å²) >= 11 is 0. The van der Waals surface area contributed by atoms with Gasteiger partial charge in [0, 0.05) is 48.7 Å². The summed E-state index contributed by atoms with van der Waals surface area (Å²) in [5.74, 6) is -15.1. The molecule has 438 valence electrons. The van der Waals surface area contributed by atoms with Crippen LogP contribution in [0.2, 0.25) is 0 Å². The van der Waals surface area contributed by atoms with Crippen LogP contribution in [0.5, 0.6) is 0 Å². The highest BCUT2D eigenvalue weighted by Crippen LogP contribution is 2.24. The molecule has 0 radical (unpaired) electrons. The van der Waals surface area contributed by atoms with E-state index < -0.39 is 150 Å². The topological polar surface area (TPSA) is 652 Å². The maximum Gasteiger partial charge on any atom is 0.322 e. The minimum Gasteiger partial charge on any atom is -0.480 e. The summed E-state index contributed by atoms with van der Waals surface area (Å²) in [5, 5.41) is 73.8. The molecule has 35 nitrogen and oxygen atoms in total. The Kier molecular flexibility index (Phi) is 41.0. The Morgan fingerprint density at radius 1 is 0.364 bits per heavy atom. The smallest absolute Gasteiger partial charge is 0.322 e. The maximum absolute atomic E-state index is 12.4. The minimum absolute atomic E-state index is 0.0314. The second kappa shape index (κ2) is 42.4. The Hall–Kier alpha value is -6.75. The van der Waals surface area contributed by atoms with Crippen molar-refractivity contribution in [3.05, 3.63) is 0 Å². The number of amides is 8. The lowest BCUT2D eigenvalue weighted by Gasteiger charge is -2.20. The first kappa shape index (κ1) is 74.5. The summed E-state index contributed by atoms with van der Waals surface area (Å²) in [5.41, 5.74) is 36.4. The number of aliphatic carboxylic acids is 7. The average Bonchev–Trinajstić information content (AvgIpc) is 3.34. The van der Waals surface area contributed by atoms with E-state index in [-0.39, 0.29) is 80.9 Å². The molecule has 0 unspecified atom stereocenters. The zero-order valence-electron chi connectivity index (χ0n) is 40.7.